The van der Waals surface area contributed by atoms with Crippen LogP contribution in [0.25, 0.3) is 0 Å². The summed E-state index contributed by atoms with van der Waals surface area (Å²) in [5.41, 5.74) is 0. The van der Waals surface area contributed by atoms with Crippen molar-refractivity contribution in [3.63, 3.8) is 0 Å². The number of methoxy groups -OCH3 is 1. The number of hydrogen-bond acceptors (Lipinski definition) is 5. The molecule has 5 nitrogen and oxygen atoms in total. The third-order valence-electron chi connectivity index (χ3n) is 2.96. The molecule has 0 bridgehead atoms. The Morgan fingerprint density at radius 2 is 2.12 bits per heavy atom. The molecule has 0 radical (unpaired) electrons. The van der Waals surface area contributed by atoms with Gasteiger partial charge in [-0.2, -0.15) is 0 Å². The Morgan fingerprint density at radius 1 is 1.38 bits per heavy atom. The highest BCUT2D eigenvalue weighted by Gasteiger charge is 2.47. The van der Waals surface area contributed by atoms with Gasteiger partial charge in [0, 0.05) is 20.0 Å². The van der Waals surface area contributed by atoms with Crippen molar-refractivity contribution in [2.75, 3.05) is 7.11 Å². The van der Waals surface area contributed by atoms with Crippen LogP contribution in [0.3, 0.4) is 0 Å². The van der Waals surface area contributed by atoms with E-state index in [2.05, 4.69) is 0 Å². The van der Waals surface area contributed by atoms with Gasteiger partial charge in [-0.1, -0.05) is 0 Å². The van der Waals surface area contributed by atoms with Gasteiger partial charge >= 0.3 is 5.97 Å². The largest absolute Gasteiger partial charge is 0.462 e. The van der Waals surface area contributed by atoms with E-state index in [1.54, 1.807) is 7.11 Å². The second-order valence-electron chi connectivity index (χ2n) is 4.37. The quantitative estimate of drug-likeness (QED) is 0.370. The summed E-state index contributed by atoms with van der Waals surface area (Å²) in [6.07, 6.45) is 0.334. The zero-order valence-electron chi connectivity index (χ0n) is 9.47. The molecule has 2 saturated heterocycles. The Kier molecular flexibility index (Phi) is 3.25. The fraction of sp³-hybridized carbons (Fsp3) is 0.818. The van der Waals surface area contributed by atoms with Crippen molar-refractivity contribution in [3.05, 3.63) is 0 Å². The number of carbonyl (C=O) groups is 2. The van der Waals surface area contributed by atoms with Crippen LogP contribution in [0.2, 0.25) is 0 Å². The highest BCUT2D eigenvalue weighted by Crippen LogP contribution is 2.33. The number of esters is 1. The highest BCUT2D eigenvalue weighted by molar-refractivity contribution is 5.95. The number of fused-ring (bicyclic) bond motifs is 1. The molecule has 0 N–H and O–H groups in total. The summed E-state index contributed by atoms with van der Waals surface area (Å²) < 4.78 is 15.7. The summed E-state index contributed by atoms with van der Waals surface area (Å²) in [4.78, 5) is 22.8. The zero-order chi connectivity index (χ0) is 11.7. The van der Waals surface area contributed by atoms with E-state index in [4.69, 9.17) is 14.2 Å². The number of ketones is 1. The third-order valence-corrected chi connectivity index (χ3v) is 2.96. The first-order valence-corrected chi connectivity index (χ1v) is 5.49. The lowest BCUT2D eigenvalue weighted by atomic mass is 10.0. The van der Waals surface area contributed by atoms with E-state index in [-0.39, 0.29) is 43.0 Å². The Labute approximate surface area is 94.0 Å². The first kappa shape index (κ1) is 11.5. The number of hydrogen-bond donors (Lipinski definition) is 0. The Bertz CT molecular complexity index is 301. The molecular weight excluding hydrogens is 212 g/mol. The lowest BCUT2D eigenvalue weighted by molar-refractivity contribution is -0.151. The molecule has 5 heteroatoms. The topological polar surface area (TPSA) is 65.1 Å². The summed E-state index contributed by atoms with van der Waals surface area (Å²) in [7, 11) is 1.56. The molecule has 0 aliphatic carbocycles. The van der Waals surface area contributed by atoms with E-state index in [1.165, 1.54) is 0 Å². The van der Waals surface area contributed by atoms with E-state index < -0.39 is 5.97 Å². The molecule has 0 aromatic carbocycles. The molecule has 0 aromatic heterocycles. The van der Waals surface area contributed by atoms with Crippen LogP contribution in [-0.4, -0.2) is 43.3 Å². The fourth-order valence-electron chi connectivity index (χ4n) is 2.11. The number of cyclic esters (lactones) is 1. The second-order valence-corrected chi connectivity index (χ2v) is 4.37. The maximum Gasteiger partial charge on any atom is 0.313 e. The molecular formula is C11H16O5. The van der Waals surface area contributed by atoms with E-state index in [9.17, 15) is 9.59 Å². The average molecular weight is 228 g/mol. The van der Waals surface area contributed by atoms with Crippen LogP contribution in [0.1, 0.15) is 26.2 Å². The molecule has 2 aliphatic rings. The van der Waals surface area contributed by atoms with Gasteiger partial charge in [0.2, 0.25) is 0 Å². The Hall–Kier alpha value is -0.940. The predicted molar refractivity (Wildman–Crippen MR) is 53.9 cm³/mol. The van der Waals surface area contributed by atoms with Crippen LogP contribution in [0.15, 0.2) is 0 Å². The van der Waals surface area contributed by atoms with Gasteiger partial charge in [-0.3, -0.25) is 9.59 Å². The number of epoxide rings is 1. The van der Waals surface area contributed by atoms with Crippen molar-refractivity contribution in [3.8, 4) is 0 Å². The monoisotopic (exact) mass is 228 g/mol. The number of Topliss-reactive ketones (excluding diaryl/α,β-unsaturated/α-hetero) is 1. The van der Waals surface area contributed by atoms with Gasteiger partial charge < -0.3 is 14.2 Å². The van der Waals surface area contributed by atoms with Gasteiger partial charge in [0.1, 0.15) is 24.4 Å². The van der Waals surface area contributed by atoms with Gasteiger partial charge in [-0.25, -0.2) is 0 Å². The van der Waals surface area contributed by atoms with Crippen molar-refractivity contribution in [2.24, 2.45) is 0 Å². The Balaban J connectivity index is 2.04. The molecule has 0 unspecified atom stereocenters. The van der Waals surface area contributed by atoms with E-state index in [0.717, 1.165) is 0 Å². The minimum absolute atomic E-state index is 0.0202. The van der Waals surface area contributed by atoms with E-state index in [1.807, 2.05) is 6.92 Å². The van der Waals surface area contributed by atoms with Crippen molar-refractivity contribution in [1.29, 1.82) is 0 Å². The maximum atomic E-state index is 11.5. The molecule has 16 heavy (non-hydrogen) atoms. The summed E-state index contributed by atoms with van der Waals surface area (Å²) >= 11 is 0. The normalized spacial score (nSPS) is 39.9. The minimum atomic E-state index is -0.452. The van der Waals surface area contributed by atoms with Crippen molar-refractivity contribution in [1.82, 2.24) is 0 Å². The predicted octanol–water partition coefficient (Wildman–Crippen LogP) is 0.453. The van der Waals surface area contributed by atoms with Crippen LogP contribution < -0.4 is 0 Å². The molecule has 0 aromatic rings. The first-order valence-electron chi connectivity index (χ1n) is 5.49. The summed E-state index contributed by atoms with van der Waals surface area (Å²) in [6.45, 7) is 1.81. The molecule has 2 aliphatic heterocycles. The number of rotatable bonds is 1. The second kappa shape index (κ2) is 4.51. The first-order chi connectivity index (χ1) is 7.60. The zero-order valence-corrected chi connectivity index (χ0v) is 9.47. The standard InChI is InChI=1S/C11H16O5/c1-6-3-9-11(16-9)8(14-2)4-7(12)5-10(13)15-6/h6,8-9,11H,3-5H2,1-2H3/t6-,8-,9+,11-/m1/s1. The van der Waals surface area contributed by atoms with E-state index in [0.29, 0.717) is 6.42 Å². The molecule has 4 atom stereocenters. The van der Waals surface area contributed by atoms with Crippen LogP contribution in [0, 0.1) is 0 Å². The van der Waals surface area contributed by atoms with Crippen LogP contribution in [0.5, 0.6) is 0 Å². The van der Waals surface area contributed by atoms with Gasteiger partial charge in [-0.15, -0.1) is 0 Å². The van der Waals surface area contributed by atoms with Crippen LogP contribution in [0.4, 0.5) is 0 Å². The number of carbonyl (C=O) groups excluding carboxylic acids is 2. The summed E-state index contributed by atoms with van der Waals surface area (Å²) in [5, 5.41) is 0. The van der Waals surface area contributed by atoms with Crippen molar-refractivity contribution >= 4 is 11.8 Å². The van der Waals surface area contributed by atoms with Crippen LogP contribution in [-0.2, 0) is 23.8 Å². The van der Waals surface area contributed by atoms with Crippen molar-refractivity contribution in [2.45, 2.75) is 50.6 Å². The van der Waals surface area contributed by atoms with Gasteiger partial charge in [-0.05, 0) is 6.92 Å². The minimum Gasteiger partial charge on any atom is -0.462 e. The highest BCUT2D eigenvalue weighted by atomic mass is 16.6. The lowest BCUT2D eigenvalue weighted by Gasteiger charge is -2.16. The number of ether oxygens (including phenoxy) is 3. The summed E-state index contributed by atoms with van der Waals surface area (Å²) in [6, 6.07) is 0. The molecule has 0 amide bonds. The summed E-state index contributed by atoms with van der Waals surface area (Å²) in [5.74, 6) is -0.605. The molecule has 2 fully saturated rings. The molecule has 90 valence electrons. The van der Waals surface area contributed by atoms with Crippen LogP contribution >= 0.6 is 0 Å². The van der Waals surface area contributed by atoms with Crippen molar-refractivity contribution < 1.29 is 23.8 Å². The fourth-order valence-corrected chi connectivity index (χ4v) is 2.11. The molecule has 2 heterocycles. The molecule has 0 saturated carbocycles. The molecule has 2 rings (SSSR count). The SMILES string of the molecule is CO[C@@H]1CC(=O)CC(=O)O[C@H](C)C[C@@H]2O[C@@H]21. The lowest BCUT2D eigenvalue weighted by Crippen LogP contribution is -2.29. The van der Waals surface area contributed by atoms with Gasteiger partial charge in [0.25, 0.3) is 0 Å². The maximum absolute atomic E-state index is 11.5. The smallest absolute Gasteiger partial charge is 0.313 e. The molecule has 0 spiro atoms. The Morgan fingerprint density at radius 3 is 2.81 bits per heavy atom. The van der Waals surface area contributed by atoms with E-state index >= 15 is 0 Å². The van der Waals surface area contributed by atoms with Gasteiger partial charge in [0.15, 0.2) is 0 Å². The van der Waals surface area contributed by atoms with Gasteiger partial charge in [0.05, 0.1) is 12.2 Å². The average Bonchev–Trinajstić information content (AvgIpc) is 2.91. The third kappa shape index (κ3) is 2.59.